The normalized spacial score (nSPS) is 10.3. The fourth-order valence-electron chi connectivity index (χ4n) is 2.43. The van der Waals surface area contributed by atoms with Crippen LogP contribution >= 0.6 is 15.9 Å². The van der Waals surface area contributed by atoms with Gasteiger partial charge in [0.05, 0.1) is 6.42 Å². The van der Waals surface area contributed by atoms with Crippen molar-refractivity contribution in [2.45, 2.75) is 33.6 Å². The Morgan fingerprint density at radius 2 is 1.61 bits per heavy atom. The summed E-state index contributed by atoms with van der Waals surface area (Å²) in [4.78, 5) is 35.6. The molecule has 2 aromatic carbocycles. The fourth-order valence-corrected chi connectivity index (χ4v) is 2.91. The minimum absolute atomic E-state index is 0.0207. The molecule has 2 amide bonds. The molecule has 0 aliphatic heterocycles. The Labute approximate surface area is 172 Å². The van der Waals surface area contributed by atoms with Crippen molar-refractivity contribution < 1.29 is 19.1 Å². The number of amides is 2. The van der Waals surface area contributed by atoms with Crippen molar-refractivity contribution in [3.05, 3.63) is 57.6 Å². The SMILES string of the molecule is Cc1ccc(NC(=O)COC(=O)CCC(=O)Nc2ccc(Br)cc2C)cc1C. The van der Waals surface area contributed by atoms with Crippen molar-refractivity contribution in [1.82, 2.24) is 0 Å². The van der Waals surface area contributed by atoms with Gasteiger partial charge in [-0.1, -0.05) is 22.0 Å². The van der Waals surface area contributed by atoms with Gasteiger partial charge in [0.2, 0.25) is 5.91 Å². The summed E-state index contributed by atoms with van der Waals surface area (Å²) in [6, 6.07) is 11.0. The van der Waals surface area contributed by atoms with E-state index >= 15 is 0 Å². The zero-order valence-electron chi connectivity index (χ0n) is 16.1. The van der Waals surface area contributed by atoms with Crippen LogP contribution in [0.2, 0.25) is 0 Å². The lowest BCUT2D eigenvalue weighted by Crippen LogP contribution is -2.22. The summed E-state index contributed by atoms with van der Waals surface area (Å²) >= 11 is 3.36. The number of ether oxygens (including phenoxy) is 1. The Balaban J connectivity index is 1.72. The van der Waals surface area contributed by atoms with Crippen LogP contribution in [0.1, 0.15) is 29.5 Å². The summed E-state index contributed by atoms with van der Waals surface area (Å²) in [6.07, 6.45) is -0.120. The Morgan fingerprint density at radius 3 is 2.29 bits per heavy atom. The van der Waals surface area contributed by atoms with Crippen molar-refractivity contribution in [2.75, 3.05) is 17.2 Å². The number of benzene rings is 2. The van der Waals surface area contributed by atoms with Crippen LogP contribution in [0.3, 0.4) is 0 Å². The molecule has 0 heterocycles. The molecule has 7 heteroatoms. The van der Waals surface area contributed by atoms with Gasteiger partial charge in [0, 0.05) is 22.3 Å². The van der Waals surface area contributed by atoms with Crippen LogP contribution in [0.25, 0.3) is 0 Å². The Morgan fingerprint density at radius 1 is 0.857 bits per heavy atom. The lowest BCUT2D eigenvalue weighted by Gasteiger charge is -2.09. The van der Waals surface area contributed by atoms with Crippen LogP contribution < -0.4 is 10.6 Å². The molecule has 0 bridgehead atoms. The van der Waals surface area contributed by atoms with E-state index in [2.05, 4.69) is 26.6 Å². The third kappa shape index (κ3) is 6.81. The van der Waals surface area contributed by atoms with Gasteiger partial charge in [-0.05, 0) is 67.8 Å². The Kier molecular flexibility index (Phi) is 7.75. The predicted molar refractivity (Wildman–Crippen MR) is 112 cm³/mol. The largest absolute Gasteiger partial charge is 0.456 e. The van der Waals surface area contributed by atoms with Crippen LogP contribution in [0.15, 0.2) is 40.9 Å². The van der Waals surface area contributed by atoms with E-state index < -0.39 is 11.9 Å². The molecule has 28 heavy (non-hydrogen) atoms. The van der Waals surface area contributed by atoms with E-state index in [0.29, 0.717) is 11.4 Å². The second-order valence-corrected chi connectivity index (χ2v) is 7.43. The molecule has 2 aromatic rings. The van der Waals surface area contributed by atoms with Crippen LogP contribution in [0.4, 0.5) is 11.4 Å². The number of hydrogen-bond donors (Lipinski definition) is 2. The van der Waals surface area contributed by atoms with Crippen molar-refractivity contribution in [1.29, 1.82) is 0 Å². The molecule has 0 fully saturated rings. The summed E-state index contributed by atoms with van der Waals surface area (Å²) < 4.78 is 5.85. The number of rotatable bonds is 7. The molecule has 0 aromatic heterocycles. The maximum absolute atomic E-state index is 12.0. The maximum Gasteiger partial charge on any atom is 0.306 e. The molecular weight excluding hydrogens is 424 g/mol. The summed E-state index contributed by atoms with van der Waals surface area (Å²) in [5, 5.41) is 5.43. The number of nitrogens with one attached hydrogen (secondary N) is 2. The molecule has 0 aliphatic carbocycles. The van der Waals surface area contributed by atoms with Gasteiger partial charge in [0.15, 0.2) is 6.61 Å². The standard InChI is InChI=1S/C21H23BrN2O4/c1-13-4-6-17(11-14(13)2)23-20(26)12-28-21(27)9-8-19(25)24-18-7-5-16(22)10-15(18)3/h4-7,10-11H,8-9,12H2,1-3H3,(H,23,26)(H,24,25). The molecule has 6 nitrogen and oxygen atoms in total. The van der Waals surface area contributed by atoms with E-state index in [9.17, 15) is 14.4 Å². The second kappa shape index (κ2) is 10.0. The molecule has 0 aliphatic rings. The van der Waals surface area contributed by atoms with Gasteiger partial charge in [-0.2, -0.15) is 0 Å². The van der Waals surface area contributed by atoms with E-state index in [1.54, 1.807) is 12.1 Å². The highest BCUT2D eigenvalue weighted by Gasteiger charge is 2.12. The minimum Gasteiger partial charge on any atom is -0.456 e. The quantitative estimate of drug-likeness (QED) is 0.621. The van der Waals surface area contributed by atoms with Gasteiger partial charge in [-0.25, -0.2) is 0 Å². The van der Waals surface area contributed by atoms with Gasteiger partial charge in [0.1, 0.15) is 0 Å². The van der Waals surface area contributed by atoms with Crippen molar-refractivity contribution in [3.63, 3.8) is 0 Å². The van der Waals surface area contributed by atoms with Crippen LogP contribution in [-0.4, -0.2) is 24.4 Å². The van der Waals surface area contributed by atoms with Gasteiger partial charge in [-0.3, -0.25) is 14.4 Å². The van der Waals surface area contributed by atoms with Crippen molar-refractivity contribution in [3.8, 4) is 0 Å². The molecular formula is C21H23BrN2O4. The highest BCUT2D eigenvalue weighted by molar-refractivity contribution is 9.10. The smallest absolute Gasteiger partial charge is 0.306 e. The van der Waals surface area contributed by atoms with E-state index in [1.807, 2.05) is 45.0 Å². The average Bonchev–Trinajstić information content (AvgIpc) is 2.63. The zero-order chi connectivity index (χ0) is 20.7. The monoisotopic (exact) mass is 446 g/mol. The number of hydrogen-bond acceptors (Lipinski definition) is 4. The summed E-state index contributed by atoms with van der Waals surface area (Å²) in [5.41, 5.74) is 4.43. The first kappa shape index (κ1) is 21.6. The van der Waals surface area contributed by atoms with E-state index in [-0.39, 0.29) is 25.4 Å². The third-order valence-electron chi connectivity index (χ3n) is 4.17. The van der Waals surface area contributed by atoms with Crippen LogP contribution in [0, 0.1) is 20.8 Å². The molecule has 0 atom stereocenters. The second-order valence-electron chi connectivity index (χ2n) is 6.52. The highest BCUT2D eigenvalue weighted by Crippen LogP contribution is 2.20. The zero-order valence-corrected chi connectivity index (χ0v) is 17.7. The van der Waals surface area contributed by atoms with Gasteiger partial charge in [0.25, 0.3) is 5.91 Å². The topological polar surface area (TPSA) is 84.5 Å². The first-order chi connectivity index (χ1) is 13.2. The lowest BCUT2D eigenvalue weighted by molar-refractivity contribution is -0.147. The molecule has 0 spiro atoms. The molecule has 2 rings (SSSR count). The van der Waals surface area contributed by atoms with Crippen molar-refractivity contribution in [2.24, 2.45) is 0 Å². The Hall–Kier alpha value is -2.67. The van der Waals surface area contributed by atoms with E-state index in [1.165, 1.54) is 0 Å². The van der Waals surface area contributed by atoms with Crippen LogP contribution in [-0.2, 0) is 19.1 Å². The molecule has 0 saturated carbocycles. The highest BCUT2D eigenvalue weighted by atomic mass is 79.9. The number of esters is 1. The molecule has 2 N–H and O–H groups in total. The molecule has 0 saturated heterocycles. The van der Waals surface area contributed by atoms with E-state index in [0.717, 1.165) is 21.2 Å². The number of halogens is 1. The van der Waals surface area contributed by atoms with Gasteiger partial charge in [-0.15, -0.1) is 0 Å². The predicted octanol–water partition coefficient (Wildman–Crippen LogP) is 4.27. The number of carbonyl (C=O) groups excluding carboxylic acids is 3. The van der Waals surface area contributed by atoms with Crippen molar-refractivity contribution >= 4 is 45.1 Å². The fraction of sp³-hybridized carbons (Fsp3) is 0.286. The Bertz CT molecular complexity index is 896. The van der Waals surface area contributed by atoms with E-state index in [4.69, 9.17) is 4.74 Å². The first-order valence-electron chi connectivity index (χ1n) is 8.83. The summed E-state index contributed by atoms with van der Waals surface area (Å²) in [6.45, 7) is 5.42. The average molecular weight is 447 g/mol. The summed E-state index contributed by atoms with van der Waals surface area (Å²) in [5.74, 6) is -1.31. The third-order valence-corrected chi connectivity index (χ3v) is 4.67. The maximum atomic E-state index is 12.0. The number of carbonyl (C=O) groups is 3. The minimum atomic E-state index is -0.599. The lowest BCUT2D eigenvalue weighted by atomic mass is 10.1. The van der Waals surface area contributed by atoms with Gasteiger partial charge >= 0.3 is 5.97 Å². The summed E-state index contributed by atoms with van der Waals surface area (Å²) in [7, 11) is 0. The molecule has 0 radical (unpaired) electrons. The molecule has 0 unspecified atom stereocenters. The first-order valence-corrected chi connectivity index (χ1v) is 9.62. The molecule has 148 valence electrons. The van der Waals surface area contributed by atoms with Crippen LogP contribution in [0.5, 0.6) is 0 Å². The number of aryl methyl sites for hydroxylation is 3. The van der Waals surface area contributed by atoms with Gasteiger partial charge < -0.3 is 15.4 Å². The number of anilines is 2.